The SMILES string of the molecule is CCCCc1ccc(OC(=O)c2ccc(C(=O)O)cc2)c(CCCC)c1. The van der Waals surface area contributed by atoms with Gasteiger partial charge >= 0.3 is 11.9 Å². The van der Waals surface area contributed by atoms with Crippen molar-refractivity contribution in [3.63, 3.8) is 0 Å². The van der Waals surface area contributed by atoms with Gasteiger partial charge in [-0.2, -0.15) is 0 Å². The Balaban J connectivity index is 2.17. The first-order chi connectivity index (χ1) is 12.5. The third-order valence-electron chi connectivity index (χ3n) is 4.31. The van der Waals surface area contributed by atoms with Crippen molar-refractivity contribution in [1.29, 1.82) is 0 Å². The molecule has 0 aliphatic heterocycles. The fourth-order valence-corrected chi connectivity index (χ4v) is 2.74. The summed E-state index contributed by atoms with van der Waals surface area (Å²) in [7, 11) is 0. The molecule has 2 rings (SSSR count). The van der Waals surface area contributed by atoms with Crippen LogP contribution in [0.2, 0.25) is 0 Å². The normalized spacial score (nSPS) is 10.5. The van der Waals surface area contributed by atoms with Gasteiger partial charge in [0.15, 0.2) is 0 Å². The highest BCUT2D eigenvalue weighted by Gasteiger charge is 2.13. The van der Waals surface area contributed by atoms with E-state index in [0.29, 0.717) is 11.3 Å². The van der Waals surface area contributed by atoms with Crippen LogP contribution in [-0.2, 0) is 12.8 Å². The third kappa shape index (κ3) is 5.45. The van der Waals surface area contributed by atoms with Crippen molar-refractivity contribution in [2.45, 2.75) is 52.4 Å². The molecule has 0 aliphatic carbocycles. The predicted octanol–water partition coefficient (Wildman–Crippen LogP) is 5.29. The minimum atomic E-state index is -1.02. The molecule has 4 heteroatoms. The van der Waals surface area contributed by atoms with Gasteiger partial charge in [0, 0.05) is 0 Å². The van der Waals surface area contributed by atoms with Gasteiger partial charge in [-0.15, -0.1) is 0 Å². The maximum atomic E-state index is 12.4. The van der Waals surface area contributed by atoms with Gasteiger partial charge < -0.3 is 9.84 Å². The molecule has 0 spiro atoms. The minimum absolute atomic E-state index is 0.144. The number of ether oxygens (including phenoxy) is 1. The Kier molecular flexibility index (Phi) is 7.39. The first kappa shape index (κ1) is 19.7. The Morgan fingerprint density at radius 1 is 0.885 bits per heavy atom. The van der Waals surface area contributed by atoms with Gasteiger partial charge in [-0.25, -0.2) is 9.59 Å². The number of hydrogen-bond donors (Lipinski definition) is 1. The Morgan fingerprint density at radius 3 is 2.12 bits per heavy atom. The number of aromatic carboxylic acids is 1. The molecule has 0 amide bonds. The van der Waals surface area contributed by atoms with Gasteiger partial charge in [-0.05, 0) is 67.1 Å². The maximum absolute atomic E-state index is 12.4. The molecule has 0 saturated heterocycles. The largest absolute Gasteiger partial charge is 0.478 e. The number of hydrogen-bond acceptors (Lipinski definition) is 3. The van der Waals surface area contributed by atoms with Crippen LogP contribution in [-0.4, -0.2) is 17.0 Å². The number of rotatable bonds is 9. The summed E-state index contributed by atoms with van der Waals surface area (Å²) in [5.41, 5.74) is 2.80. The lowest BCUT2D eigenvalue weighted by atomic mass is 10.0. The maximum Gasteiger partial charge on any atom is 0.343 e. The van der Waals surface area contributed by atoms with Crippen LogP contribution in [0.3, 0.4) is 0 Å². The van der Waals surface area contributed by atoms with E-state index >= 15 is 0 Å². The molecular formula is C22H26O4. The van der Waals surface area contributed by atoms with E-state index in [1.165, 1.54) is 29.8 Å². The summed E-state index contributed by atoms with van der Waals surface area (Å²) in [6.07, 6.45) is 6.30. The standard InChI is InChI=1S/C22H26O4/c1-3-5-7-16-9-14-20(19(15-16)8-6-4-2)26-22(25)18-12-10-17(11-13-18)21(23)24/h9-15H,3-8H2,1-2H3,(H,23,24). The first-order valence-electron chi connectivity index (χ1n) is 9.22. The summed E-state index contributed by atoms with van der Waals surface area (Å²) in [5, 5.41) is 8.94. The highest BCUT2D eigenvalue weighted by atomic mass is 16.5. The first-order valence-corrected chi connectivity index (χ1v) is 9.22. The molecule has 0 saturated carbocycles. The summed E-state index contributed by atoms with van der Waals surface area (Å²) in [6.45, 7) is 4.31. The van der Waals surface area contributed by atoms with Crippen molar-refractivity contribution in [2.75, 3.05) is 0 Å². The zero-order chi connectivity index (χ0) is 18.9. The van der Waals surface area contributed by atoms with E-state index in [4.69, 9.17) is 9.84 Å². The highest BCUT2D eigenvalue weighted by Crippen LogP contribution is 2.24. The quantitative estimate of drug-likeness (QED) is 0.491. The molecule has 0 heterocycles. The Bertz CT molecular complexity index is 747. The average Bonchev–Trinajstić information content (AvgIpc) is 2.66. The summed E-state index contributed by atoms with van der Waals surface area (Å²) < 4.78 is 5.60. The molecule has 0 atom stereocenters. The number of carbonyl (C=O) groups excluding carboxylic acids is 1. The third-order valence-corrected chi connectivity index (χ3v) is 4.31. The molecule has 0 fully saturated rings. The van der Waals surface area contributed by atoms with Crippen LogP contribution in [0.4, 0.5) is 0 Å². The van der Waals surface area contributed by atoms with Crippen molar-refractivity contribution >= 4 is 11.9 Å². The lowest BCUT2D eigenvalue weighted by molar-refractivity contribution is 0.0691. The number of benzene rings is 2. The molecule has 2 aromatic carbocycles. The molecule has 0 bridgehead atoms. The van der Waals surface area contributed by atoms with Crippen molar-refractivity contribution in [1.82, 2.24) is 0 Å². The topological polar surface area (TPSA) is 63.6 Å². The van der Waals surface area contributed by atoms with Gasteiger partial charge in [-0.3, -0.25) is 0 Å². The Labute approximate surface area is 154 Å². The zero-order valence-corrected chi connectivity index (χ0v) is 15.5. The zero-order valence-electron chi connectivity index (χ0n) is 15.5. The van der Waals surface area contributed by atoms with Gasteiger partial charge in [0.2, 0.25) is 0 Å². The number of carboxylic acids is 1. The van der Waals surface area contributed by atoms with Crippen molar-refractivity contribution in [2.24, 2.45) is 0 Å². The van der Waals surface area contributed by atoms with Crippen molar-refractivity contribution in [3.05, 3.63) is 64.7 Å². The second-order valence-electron chi connectivity index (χ2n) is 6.42. The molecule has 0 unspecified atom stereocenters. The second kappa shape index (κ2) is 9.76. The Morgan fingerprint density at radius 2 is 1.50 bits per heavy atom. The smallest absolute Gasteiger partial charge is 0.343 e. The van der Waals surface area contributed by atoms with Crippen molar-refractivity contribution in [3.8, 4) is 5.75 Å². The lowest BCUT2D eigenvalue weighted by Crippen LogP contribution is -2.10. The Hall–Kier alpha value is -2.62. The van der Waals surface area contributed by atoms with Crippen LogP contribution in [0.15, 0.2) is 42.5 Å². The van der Waals surface area contributed by atoms with Crippen LogP contribution in [0, 0.1) is 0 Å². The molecule has 1 N–H and O–H groups in total. The van der Waals surface area contributed by atoms with Crippen LogP contribution in [0.25, 0.3) is 0 Å². The highest BCUT2D eigenvalue weighted by molar-refractivity contribution is 5.93. The second-order valence-corrected chi connectivity index (χ2v) is 6.42. The van der Waals surface area contributed by atoms with Crippen molar-refractivity contribution < 1.29 is 19.4 Å². The molecule has 4 nitrogen and oxygen atoms in total. The van der Waals surface area contributed by atoms with E-state index in [2.05, 4.69) is 19.9 Å². The summed E-state index contributed by atoms with van der Waals surface area (Å²) in [5.74, 6) is -0.901. The number of carbonyl (C=O) groups is 2. The average molecular weight is 354 g/mol. The fraction of sp³-hybridized carbons (Fsp3) is 0.364. The summed E-state index contributed by atoms with van der Waals surface area (Å²) >= 11 is 0. The number of aryl methyl sites for hydroxylation is 2. The van der Waals surface area contributed by atoms with Gasteiger partial charge in [0.05, 0.1) is 11.1 Å². The van der Waals surface area contributed by atoms with Crippen LogP contribution in [0.1, 0.15) is 71.4 Å². The van der Waals surface area contributed by atoms with Crippen LogP contribution < -0.4 is 4.74 Å². The number of unbranched alkanes of at least 4 members (excludes halogenated alkanes) is 2. The summed E-state index contributed by atoms with van der Waals surface area (Å²) in [4.78, 5) is 23.3. The molecule has 0 aromatic heterocycles. The van der Waals surface area contributed by atoms with E-state index in [-0.39, 0.29) is 5.56 Å². The number of esters is 1. The van der Waals surface area contributed by atoms with E-state index in [0.717, 1.165) is 44.1 Å². The predicted molar refractivity (Wildman–Crippen MR) is 102 cm³/mol. The van der Waals surface area contributed by atoms with Gasteiger partial charge in [0.1, 0.15) is 5.75 Å². The van der Waals surface area contributed by atoms with E-state index in [9.17, 15) is 9.59 Å². The molecule has 2 aromatic rings. The summed E-state index contributed by atoms with van der Waals surface area (Å²) in [6, 6.07) is 11.8. The molecule has 0 aliphatic rings. The monoisotopic (exact) mass is 354 g/mol. The minimum Gasteiger partial charge on any atom is -0.478 e. The lowest BCUT2D eigenvalue weighted by Gasteiger charge is -2.12. The number of carboxylic acid groups (broad SMARTS) is 1. The molecular weight excluding hydrogens is 328 g/mol. The molecule has 0 radical (unpaired) electrons. The molecule has 26 heavy (non-hydrogen) atoms. The fourth-order valence-electron chi connectivity index (χ4n) is 2.74. The van der Waals surface area contributed by atoms with Gasteiger partial charge in [-0.1, -0.05) is 38.8 Å². The van der Waals surface area contributed by atoms with E-state index in [1.54, 1.807) is 0 Å². The van der Waals surface area contributed by atoms with E-state index in [1.807, 2.05) is 12.1 Å². The van der Waals surface area contributed by atoms with E-state index < -0.39 is 11.9 Å². The van der Waals surface area contributed by atoms with Crippen LogP contribution in [0.5, 0.6) is 5.75 Å². The van der Waals surface area contributed by atoms with Crippen LogP contribution >= 0.6 is 0 Å². The molecule has 138 valence electrons. The van der Waals surface area contributed by atoms with Gasteiger partial charge in [0.25, 0.3) is 0 Å².